The van der Waals surface area contributed by atoms with Crippen LogP contribution in [-0.4, -0.2) is 5.54 Å². The van der Waals surface area contributed by atoms with Gasteiger partial charge in [0.25, 0.3) is 0 Å². The number of halogens is 2. The number of benzene rings is 2. The highest BCUT2D eigenvalue weighted by Gasteiger charge is 2.21. The van der Waals surface area contributed by atoms with Crippen LogP contribution in [0.1, 0.15) is 23.6 Å². The third kappa shape index (κ3) is 3.87. The van der Waals surface area contributed by atoms with Gasteiger partial charge in [-0.2, -0.15) is 0 Å². The van der Waals surface area contributed by atoms with Crippen molar-refractivity contribution in [1.82, 2.24) is 0 Å². The van der Waals surface area contributed by atoms with Crippen molar-refractivity contribution in [3.8, 4) is 0 Å². The summed E-state index contributed by atoms with van der Waals surface area (Å²) in [6.45, 7) is 3.80. The van der Waals surface area contributed by atoms with E-state index in [0.717, 1.165) is 16.7 Å². The fourth-order valence-electron chi connectivity index (χ4n) is 2.47. The lowest BCUT2D eigenvalue weighted by atomic mass is 9.86. The Kier molecular flexibility index (Phi) is 4.19. The van der Waals surface area contributed by atoms with Crippen molar-refractivity contribution < 1.29 is 8.78 Å². The first kappa shape index (κ1) is 14.7. The molecule has 0 radical (unpaired) electrons. The number of nitrogens with two attached hydrogens (primary N) is 1. The van der Waals surface area contributed by atoms with Crippen LogP contribution in [0.3, 0.4) is 0 Å². The van der Waals surface area contributed by atoms with Crippen LogP contribution in [0.25, 0.3) is 0 Å². The van der Waals surface area contributed by atoms with Crippen LogP contribution in [0.4, 0.5) is 8.78 Å². The van der Waals surface area contributed by atoms with Crippen LogP contribution in [0.2, 0.25) is 0 Å². The third-order valence-corrected chi connectivity index (χ3v) is 3.40. The molecule has 0 aliphatic rings. The Morgan fingerprint density at radius 3 is 2.35 bits per heavy atom. The van der Waals surface area contributed by atoms with E-state index in [4.69, 9.17) is 5.73 Å². The van der Waals surface area contributed by atoms with Gasteiger partial charge in [-0.25, -0.2) is 8.78 Å². The van der Waals surface area contributed by atoms with Crippen molar-refractivity contribution in [2.75, 3.05) is 0 Å². The average Bonchev–Trinajstić information content (AvgIpc) is 2.32. The van der Waals surface area contributed by atoms with Gasteiger partial charge in [0, 0.05) is 5.54 Å². The Morgan fingerprint density at radius 1 is 1.00 bits per heavy atom. The van der Waals surface area contributed by atoms with Crippen molar-refractivity contribution in [3.63, 3.8) is 0 Å². The quantitative estimate of drug-likeness (QED) is 0.903. The fourth-order valence-corrected chi connectivity index (χ4v) is 2.47. The molecule has 0 heterocycles. The van der Waals surface area contributed by atoms with Crippen molar-refractivity contribution in [3.05, 3.63) is 70.8 Å². The Bertz CT molecular complexity index is 606. The second-order valence-electron chi connectivity index (χ2n) is 5.71. The minimum atomic E-state index is -0.504. The zero-order valence-electron chi connectivity index (χ0n) is 11.8. The number of hydrogen-bond donors (Lipinski definition) is 1. The number of aryl methyl sites for hydroxylation is 1. The maximum absolute atomic E-state index is 13.2. The molecule has 1 nitrogen and oxygen atoms in total. The molecule has 0 saturated heterocycles. The van der Waals surface area contributed by atoms with Crippen LogP contribution in [0, 0.1) is 18.6 Å². The molecule has 1 atom stereocenters. The molecule has 0 amide bonds. The minimum absolute atomic E-state index is 0.241. The molecule has 3 heteroatoms. The maximum atomic E-state index is 13.2. The summed E-state index contributed by atoms with van der Waals surface area (Å²) < 4.78 is 26.3. The standard InChI is InChI=1S/C17H19F2N/c1-12-8-16(19)7-6-14(12)11-17(2,20)10-13-4-3-5-15(18)9-13/h3-9H,10-11,20H2,1-2H3. The van der Waals surface area contributed by atoms with Crippen LogP contribution >= 0.6 is 0 Å². The summed E-state index contributed by atoms with van der Waals surface area (Å²) in [6.07, 6.45) is 1.19. The first-order chi connectivity index (χ1) is 9.35. The highest BCUT2D eigenvalue weighted by Crippen LogP contribution is 2.20. The smallest absolute Gasteiger partial charge is 0.123 e. The lowest BCUT2D eigenvalue weighted by Gasteiger charge is -2.26. The fraction of sp³-hybridized carbons (Fsp3) is 0.294. The maximum Gasteiger partial charge on any atom is 0.123 e. The van der Waals surface area contributed by atoms with Crippen molar-refractivity contribution in [2.45, 2.75) is 32.2 Å². The summed E-state index contributed by atoms with van der Waals surface area (Å²) in [5.41, 5.74) is 8.60. The Morgan fingerprint density at radius 2 is 1.70 bits per heavy atom. The second-order valence-corrected chi connectivity index (χ2v) is 5.71. The van der Waals surface area contributed by atoms with Crippen LogP contribution in [0.5, 0.6) is 0 Å². The zero-order chi connectivity index (χ0) is 14.8. The van der Waals surface area contributed by atoms with E-state index in [1.165, 1.54) is 24.3 Å². The third-order valence-electron chi connectivity index (χ3n) is 3.40. The molecule has 1 unspecified atom stereocenters. The van der Waals surface area contributed by atoms with Crippen molar-refractivity contribution >= 4 is 0 Å². The van der Waals surface area contributed by atoms with Gasteiger partial charge in [-0.3, -0.25) is 0 Å². The van der Waals surface area contributed by atoms with E-state index in [2.05, 4.69) is 0 Å². The number of rotatable bonds is 4. The van der Waals surface area contributed by atoms with Gasteiger partial charge in [0.15, 0.2) is 0 Å². The average molecular weight is 275 g/mol. The Hall–Kier alpha value is -1.74. The summed E-state index contributed by atoms with van der Waals surface area (Å²) in [7, 11) is 0. The topological polar surface area (TPSA) is 26.0 Å². The lowest BCUT2D eigenvalue weighted by Crippen LogP contribution is -2.41. The molecular formula is C17H19F2N. The molecule has 2 aromatic rings. The summed E-state index contributed by atoms with van der Waals surface area (Å²) in [4.78, 5) is 0. The molecular weight excluding hydrogens is 256 g/mol. The van der Waals surface area contributed by atoms with Gasteiger partial charge in [0.05, 0.1) is 0 Å². The summed E-state index contributed by atoms with van der Waals surface area (Å²) >= 11 is 0. The first-order valence-corrected chi connectivity index (χ1v) is 6.64. The summed E-state index contributed by atoms with van der Waals surface area (Å²) in [5, 5.41) is 0. The Labute approximate surface area is 118 Å². The zero-order valence-corrected chi connectivity index (χ0v) is 11.8. The molecule has 0 aromatic heterocycles. The molecule has 2 aromatic carbocycles. The van der Waals surface area contributed by atoms with E-state index in [1.807, 2.05) is 19.9 Å². The second kappa shape index (κ2) is 5.71. The normalized spacial score (nSPS) is 14.1. The highest BCUT2D eigenvalue weighted by atomic mass is 19.1. The SMILES string of the molecule is Cc1cc(F)ccc1CC(C)(N)Cc1cccc(F)c1. The van der Waals surface area contributed by atoms with Crippen LogP contribution in [-0.2, 0) is 12.8 Å². The van der Waals surface area contributed by atoms with E-state index in [-0.39, 0.29) is 11.6 Å². The monoisotopic (exact) mass is 275 g/mol. The van der Waals surface area contributed by atoms with E-state index >= 15 is 0 Å². The van der Waals surface area contributed by atoms with E-state index in [0.29, 0.717) is 12.8 Å². The first-order valence-electron chi connectivity index (χ1n) is 6.64. The summed E-state index contributed by atoms with van der Waals surface area (Å²) in [6, 6.07) is 11.2. The van der Waals surface area contributed by atoms with Crippen molar-refractivity contribution in [1.29, 1.82) is 0 Å². The van der Waals surface area contributed by atoms with E-state index in [9.17, 15) is 8.78 Å². The minimum Gasteiger partial charge on any atom is -0.325 e. The predicted molar refractivity (Wildman–Crippen MR) is 77.5 cm³/mol. The van der Waals surface area contributed by atoms with E-state index in [1.54, 1.807) is 12.1 Å². The van der Waals surface area contributed by atoms with Gasteiger partial charge in [0.2, 0.25) is 0 Å². The Balaban J connectivity index is 2.14. The lowest BCUT2D eigenvalue weighted by molar-refractivity contribution is 0.460. The van der Waals surface area contributed by atoms with Gasteiger partial charge in [-0.1, -0.05) is 18.2 Å². The molecule has 20 heavy (non-hydrogen) atoms. The molecule has 2 rings (SSSR count). The number of hydrogen-bond acceptors (Lipinski definition) is 1. The molecule has 0 saturated carbocycles. The molecule has 0 fully saturated rings. The molecule has 2 N–H and O–H groups in total. The highest BCUT2D eigenvalue weighted by molar-refractivity contribution is 5.29. The molecule has 0 aliphatic heterocycles. The van der Waals surface area contributed by atoms with Gasteiger partial charge >= 0.3 is 0 Å². The van der Waals surface area contributed by atoms with Crippen LogP contribution in [0.15, 0.2) is 42.5 Å². The largest absolute Gasteiger partial charge is 0.325 e. The van der Waals surface area contributed by atoms with Gasteiger partial charge in [0.1, 0.15) is 11.6 Å². The molecule has 0 bridgehead atoms. The summed E-state index contributed by atoms with van der Waals surface area (Å²) in [5.74, 6) is -0.494. The van der Waals surface area contributed by atoms with Gasteiger partial charge in [-0.05, 0) is 67.6 Å². The molecule has 0 aliphatic carbocycles. The molecule has 0 spiro atoms. The van der Waals surface area contributed by atoms with Crippen LogP contribution < -0.4 is 5.73 Å². The van der Waals surface area contributed by atoms with Crippen molar-refractivity contribution in [2.24, 2.45) is 5.73 Å². The predicted octanol–water partition coefficient (Wildman–Crippen LogP) is 3.78. The van der Waals surface area contributed by atoms with E-state index < -0.39 is 5.54 Å². The van der Waals surface area contributed by atoms with Gasteiger partial charge in [-0.15, -0.1) is 0 Å². The molecule has 106 valence electrons. The van der Waals surface area contributed by atoms with Gasteiger partial charge < -0.3 is 5.73 Å².